The Kier molecular flexibility index (Phi) is 4.10. The van der Waals surface area contributed by atoms with Gasteiger partial charge >= 0.3 is 0 Å². The van der Waals surface area contributed by atoms with E-state index in [0.717, 1.165) is 19.6 Å². The number of hydrogen-bond donors (Lipinski definition) is 1. The molecule has 3 heteroatoms. The average molecular weight is 249 g/mol. The summed E-state index contributed by atoms with van der Waals surface area (Å²) in [6, 6.07) is 0. The molecular formula is C15H27N3. The number of nitrogens with one attached hydrogen (secondary N) is 1. The highest BCUT2D eigenvalue weighted by Gasteiger charge is 2.23. The first-order chi connectivity index (χ1) is 8.48. The van der Waals surface area contributed by atoms with Crippen LogP contribution in [0, 0.1) is 11.3 Å². The SMILES string of the molecule is CC(Cn1cncc1C1CCNCC1)C(C)(C)C. The third-order valence-electron chi connectivity index (χ3n) is 4.45. The summed E-state index contributed by atoms with van der Waals surface area (Å²) in [7, 11) is 0. The number of imidazole rings is 1. The fourth-order valence-corrected chi connectivity index (χ4v) is 2.51. The van der Waals surface area contributed by atoms with E-state index in [4.69, 9.17) is 0 Å². The molecule has 0 aromatic carbocycles. The number of piperidine rings is 1. The van der Waals surface area contributed by atoms with Crippen LogP contribution in [0.5, 0.6) is 0 Å². The Labute approximate surface area is 111 Å². The molecule has 1 unspecified atom stereocenters. The van der Waals surface area contributed by atoms with E-state index >= 15 is 0 Å². The number of hydrogen-bond acceptors (Lipinski definition) is 2. The molecule has 0 spiro atoms. The number of aromatic nitrogens is 2. The lowest BCUT2D eigenvalue weighted by molar-refractivity contribution is 0.229. The molecule has 1 aromatic rings. The van der Waals surface area contributed by atoms with Gasteiger partial charge in [-0.15, -0.1) is 0 Å². The summed E-state index contributed by atoms with van der Waals surface area (Å²) in [4.78, 5) is 4.37. The van der Waals surface area contributed by atoms with Gasteiger partial charge in [-0.1, -0.05) is 27.7 Å². The van der Waals surface area contributed by atoms with Crippen LogP contribution in [-0.2, 0) is 6.54 Å². The molecule has 0 amide bonds. The van der Waals surface area contributed by atoms with Crippen LogP contribution in [0.1, 0.15) is 52.1 Å². The van der Waals surface area contributed by atoms with E-state index < -0.39 is 0 Å². The van der Waals surface area contributed by atoms with Gasteiger partial charge in [0.05, 0.1) is 6.33 Å². The predicted molar refractivity (Wildman–Crippen MR) is 75.7 cm³/mol. The zero-order chi connectivity index (χ0) is 13.2. The third-order valence-corrected chi connectivity index (χ3v) is 4.45. The molecule has 1 saturated heterocycles. The van der Waals surface area contributed by atoms with Crippen molar-refractivity contribution < 1.29 is 0 Å². The fourth-order valence-electron chi connectivity index (χ4n) is 2.51. The van der Waals surface area contributed by atoms with Crippen molar-refractivity contribution in [2.45, 2.75) is 53.0 Å². The molecule has 102 valence electrons. The van der Waals surface area contributed by atoms with Crippen molar-refractivity contribution in [3.63, 3.8) is 0 Å². The maximum atomic E-state index is 4.37. The van der Waals surface area contributed by atoms with Gasteiger partial charge in [-0.05, 0) is 37.3 Å². The molecule has 1 aliphatic rings. The molecule has 0 saturated carbocycles. The number of rotatable bonds is 3. The molecule has 2 rings (SSSR count). The maximum Gasteiger partial charge on any atom is 0.0948 e. The van der Waals surface area contributed by atoms with E-state index in [-0.39, 0.29) is 0 Å². The fraction of sp³-hybridized carbons (Fsp3) is 0.800. The molecule has 1 aliphatic heterocycles. The summed E-state index contributed by atoms with van der Waals surface area (Å²) in [6.07, 6.45) is 6.58. The maximum absolute atomic E-state index is 4.37. The van der Waals surface area contributed by atoms with E-state index in [0.29, 0.717) is 17.3 Å². The second-order valence-corrected chi connectivity index (χ2v) is 6.76. The Balaban J connectivity index is 2.07. The van der Waals surface area contributed by atoms with Crippen molar-refractivity contribution in [3.05, 3.63) is 18.2 Å². The predicted octanol–water partition coefficient (Wildman–Crippen LogP) is 3.03. The van der Waals surface area contributed by atoms with E-state index in [1.165, 1.54) is 18.5 Å². The summed E-state index contributed by atoms with van der Waals surface area (Å²) in [6.45, 7) is 12.7. The van der Waals surface area contributed by atoms with Gasteiger partial charge in [-0.2, -0.15) is 0 Å². The van der Waals surface area contributed by atoms with Crippen LogP contribution in [0.4, 0.5) is 0 Å². The molecule has 0 aliphatic carbocycles. The Morgan fingerprint density at radius 1 is 1.39 bits per heavy atom. The second-order valence-electron chi connectivity index (χ2n) is 6.76. The van der Waals surface area contributed by atoms with E-state index in [2.05, 4.69) is 48.8 Å². The van der Waals surface area contributed by atoms with Crippen LogP contribution in [0.15, 0.2) is 12.5 Å². The van der Waals surface area contributed by atoms with Crippen LogP contribution in [0.2, 0.25) is 0 Å². The second kappa shape index (κ2) is 5.43. The van der Waals surface area contributed by atoms with E-state index in [1.54, 1.807) is 0 Å². The van der Waals surface area contributed by atoms with Gasteiger partial charge in [0.1, 0.15) is 0 Å². The quantitative estimate of drug-likeness (QED) is 0.892. The standard InChI is InChI=1S/C15H27N3/c1-12(15(2,3)4)10-18-11-17-9-14(18)13-5-7-16-8-6-13/h9,11-13,16H,5-8,10H2,1-4H3. The minimum absolute atomic E-state index is 0.357. The van der Waals surface area contributed by atoms with Crippen molar-refractivity contribution >= 4 is 0 Å². The molecule has 18 heavy (non-hydrogen) atoms. The normalized spacial score (nSPS) is 20.0. The number of nitrogens with zero attached hydrogens (tertiary/aromatic N) is 2. The summed E-state index contributed by atoms with van der Waals surface area (Å²) >= 11 is 0. The molecule has 2 heterocycles. The van der Waals surface area contributed by atoms with Gasteiger partial charge in [0.2, 0.25) is 0 Å². The monoisotopic (exact) mass is 249 g/mol. The van der Waals surface area contributed by atoms with Crippen LogP contribution in [0.3, 0.4) is 0 Å². The lowest BCUT2D eigenvalue weighted by Crippen LogP contribution is -2.29. The van der Waals surface area contributed by atoms with Crippen molar-refractivity contribution in [1.29, 1.82) is 0 Å². The summed E-state index contributed by atoms with van der Waals surface area (Å²) in [5.41, 5.74) is 1.79. The smallest absolute Gasteiger partial charge is 0.0948 e. The molecule has 3 nitrogen and oxygen atoms in total. The van der Waals surface area contributed by atoms with Crippen LogP contribution < -0.4 is 5.32 Å². The van der Waals surface area contributed by atoms with Crippen LogP contribution >= 0.6 is 0 Å². The Morgan fingerprint density at radius 2 is 2.06 bits per heavy atom. The van der Waals surface area contributed by atoms with Gasteiger partial charge < -0.3 is 9.88 Å². The molecule has 1 N–H and O–H groups in total. The van der Waals surface area contributed by atoms with Crippen LogP contribution in [0.25, 0.3) is 0 Å². The Hall–Kier alpha value is -0.830. The Morgan fingerprint density at radius 3 is 2.67 bits per heavy atom. The summed E-state index contributed by atoms with van der Waals surface area (Å²) < 4.78 is 2.38. The van der Waals surface area contributed by atoms with Crippen molar-refractivity contribution in [3.8, 4) is 0 Å². The van der Waals surface area contributed by atoms with Gasteiger partial charge in [-0.25, -0.2) is 4.98 Å². The van der Waals surface area contributed by atoms with Crippen molar-refractivity contribution in [1.82, 2.24) is 14.9 Å². The molecule has 0 radical (unpaired) electrons. The summed E-state index contributed by atoms with van der Waals surface area (Å²) in [5, 5.41) is 3.43. The zero-order valence-electron chi connectivity index (χ0n) is 12.2. The van der Waals surface area contributed by atoms with Gasteiger partial charge in [-0.3, -0.25) is 0 Å². The average Bonchev–Trinajstić information content (AvgIpc) is 2.77. The van der Waals surface area contributed by atoms with Gasteiger partial charge in [0.15, 0.2) is 0 Å². The topological polar surface area (TPSA) is 29.9 Å². The Bertz CT molecular complexity index is 369. The molecule has 0 bridgehead atoms. The highest BCUT2D eigenvalue weighted by molar-refractivity contribution is 5.08. The van der Waals surface area contributed by atoms with Crippen molar-refractivity contribution in [2.75, 3.05) is 13.1 Å². The lowest BCUT2D eigenvalue weighted by atomic mass is 9.82. The first-order valence-electron chi connectivity index (χ1n) is 7.19. The lowest BCUT2D eigenvalue weighted by Gasteiger charge is -2.30. The highest BCUT2D eigenvalue weighted by Crippen LogP contribution is 2.30. The van der Waals surface area contributed by atoms with Crippen LogP contribution in [-0.4, -0.2) is 22.6 Å². The van der Waals surface area contributed by atoms with Gasteiger partial charge in [0.25, 0.3) is 0 Å². The minimum atomic E-state index is 0.357. The molecular weight excluding hydrogens is 222 g/mol. The third kappa shape index (κ3) is 3.14. The van der Waals surface area contributed by atoms with Crippen molar-refractivity contribution in [2.24, 2.45) is 11.3 Å². The van der Waals surface area contributed by atoms with E-state index in [9.17, 15) is 0 Å². The highest BCUT2D eigenvalue weighted by atomic mass is 15.1. The molecule has 1 fully saturated rings. The first-order valence-corrected chi connectivity index (χ1v) is 7.19. The zero-order valence-corrected chi connectivity index (χ0v) is 12.2. The molecule has 1 atom stereocenters. The molecule has 1 aromatic heterocycles. The van der Waals surface area contributed by atoms with E-state index in [1.807, 2.05) is 6.33 Å². The minimum Gasteiger partial charge on any atom is -0.334 e. The van der Waals surface area contributed by atoms with Gasteiger partial charge in [0, 0.05) is 24.4 Å². The summed E-state index contributed by atoms with van der Waals surface area (Å²) in [5.74, 6) is 1.35. The largest absolute Gasteiger partial charge is 0.334 e. The first kappa shape index (κ1) is 13.6.